The zero-order chi connectivity index (χ0) is 37.6. The van der Waals surface area contributed by atoms with Gasteiger partial charge >= 0.3 is 0 Å². The van der Waals surface area contributed by atoms with Gasteiger partial charge in [-0.15, -0.1) is 0 Å². The zero-order valence-electron chi connectivity index (χ0n) is 31.3. The van der Waals surface area contributed by atoms with Gasteiger partial charge in [-0.2, -0.15) is 0 Å². The van der Waals surface area contributed by atoms with Crippen LogP contribution in [-0.2, 0) is 6.42 Å². The Bertz CT molecular complexity index is 3880. The second-order valence-corrected chi connectivity index (χ2v) is 15.9. The average molecular weight is 741 g/mol. The maximum absolute atomic E-state index is 6.93. The molecule has 14 rings (SSSR count). The monoisotopic (exact) mass is 740 g/mol. The second-order valence-electron chi connectivity index (χ2n) is 15.9. The lowest BCUT2D eigenvalue weighted by atomic mass is 9.84. The lowest BCUT2D eigenvalue weighted by Crippen LogP contribution is -2.10. The quantitative estimate of drug-likeness (QED) is 0.177. The van der Waals surface area contributed by atoms with E-state index in [9.17, 15) is 0 Å². The van der Waals surface area contributed by atoms with E-state index in [4.69, 9.17) is 14.4 Å². The lowest BCUT2D eigenvalue weighted by Gasteiger charge is -2.21. The van der Waals surface area contributed by atoms with Gasteiger partial charge in [0.1, 0.15) is 11.1 Å². The van der Waals surface area contributed by atoms with Crippen molar-refractivity contribution in [1.29, 1.82) is 0 Å². The Kier molecular flexibility index (Phi) is 5.86. The number of aromatic nitrogens is 4. The second kappa shape index (κ2) is 11.1. The lowest BCUT2D eigenvalue weighted by molar-refractivity contribution is 0.635. The van der Waals surface area contributed by atoms with Crippen molar-refractivity contribution in [2.24, 2.45) is 0 Å². The van der Waals surface area contributed by atoms with Gasteiger partial charge in [0.05, 0.1) is 33.3 Å². The Balaban J connectivity index is 1.16. The fourth-order valence-electron chi connectivity index (χ4n) is 10.7. The SMILES string of the molecule is c1ccc2c(c1)CCC(c1nc(-n3c4ccccc4c4c5ccccc5ccc43)nc3c1oc1ccccc13)c1c-2cc2c3ccccc3n3c4ccccc4c1c23. The molecule has 0 aliphatic heterocycles. The Morgan fingerprint density at radius 1 is 0.517 bits per heavy atom. The van der Waals surface area contributed by atoms with Crippen LogP contribution in [0.1, 0.15) is 29.2 Å². The predicted molar refractivity (Wildman–Crippen MR) is 238 cm³/mol. The number of rotatable bonds is 2. The number of furan rings is 1. The summed E-state index contributed by atoms with van der Waals surface area (Å²) in [6.07, 6.45) is 1.77. The topological polar surface area (TPSA) is 48.3 Å². The molecule has 0 bridgehead atoms. The number of benzene rings is 8. The minimum atomic E-state index is -0.0989. The largest absolute Gasteiger partial charge is 0.452 e. The van der Waals surface area contributed by atoms with Crippen LogP contribution in [0, 0.1) is 0 Å². The van der Waals surface area contributed by atoms with Crippen molar-refractivity contribution >= 4 is 92.7 Å². The molecule has 0 N–H and O–H groups in total. The molecule has 1 aliphatic carbocycles. The van der Waals surface area contributed by atoms with E-state index in [0.29, 0.717) is 5.95 Å². The van der Waals surface area contributed by atoms with Crippen molar-refractivity contribution in [2.75, 3.05) is 0 Å². The molecule has 8 aromatic carbocycles. The average Bonchev–Trinajstić information content (AvgIpc) is 3.99. The van der Waals surface area contributed by atoms with Crippen LogP contribution in [0.2, 0.25) is 0 Å². The molecule has 270 valence electrons. The van der Waals surface area contributed by atoms with Crippen LogP contribution in [0.25, 0.3) is 110 Å². The summed E-state index contributed by atoms with van der Waals surface area (Å²) in [4.78, 5) is 11.3. The first-order valence-electron chi connectivity index (χ1n) is 20.2. The van der Waals surface area contributed by atoms with E-state index < -0.39 is 0 Å². The van der Waals surface area contributed by atoms with Crippen LogP contribution in [0.15, 0.2) is 168 Å². The molecular weight excluding hydrogens is 709 g/mol. The molecule has 0 amide bonds. The third-order valence-corrected chi connectivity index (χ3v) is 13.1. The van der Waals surface area contributed by atoms with Gasteiger partial charge in [0.15, 0.2) is 5.58 Å². The smallest absolute Gasteiger partial charge is 0.235 e. The van der Waals surface area contributed by atoms with Crippen molar-refractivity contribution in [3.8, 4) is 17.1 Å². The Labute approximate surface area is 331 Å². The molecule has 1 atom stereocenters. The third kappa shape index (κ3) is 3.85. The fraction of sp³-hybridized carbons (Fsp3) is 0.0566. The first-order chi connectivity index (χ1) is 28.8. The van der Waals surface area contributed by atoms with Gasteiger partial charge in [-0.1, -0.05) is 121 Å². The van der Waals surface area contributed by atoms with Crippen molar-refractivity contribution < 1.29 is 4.42 Å². The number of nitrogens with zero attached hydrogens (tertiary/aromatic N) is 4. The summed E-state index contributed by atoms with van der Waals surface area (Å²) >= 11 is 0. The number of para-hydroxylation sites is 4. The first-order valence-corrected chi connectivity index (χ1v) is 20.2. The first kappa shape index (κ1) is 30.7. The van der Waals surface area contributed by atoms with Gasteiger partial charge in [-0.3, -0.25) is 4.57 Å². The van der Waals surface area contributed by atoms with E-state index in [2.05, 4.69) is 167 Å². The number of hydrogen-bond donors (Lipinski definition) is 0. The standard InChI is InChI=1S/C53H32N4O/c1-3-15-32-30(13-1)25-27-38(47-39(32)29-40-34-17-5-9-21-41(34)56-42-22-10-7-19-36(42)48(47)51(40)56)50-52-49(37-20-8-12-24-45(37)58-52)54-53(55-50)57-43-23-11-6-18-35(43)46-33-16-4-2-14-31(33)26-28-44(46)57/h1-24,26,28-29,38H,25,27H2. The van der Waals surface area contributed by atoms with Gasteiger partial charge in [-0.25, -0.2) is 9.97 Å². The van der Waals surface area contributed by atoms with Crippen LogP contribution >= 0.6 is 0 Å². The molecule has 5 nitrogen and oxygen atoms in total. The molecule has 13 aromatic rings. The molecule has 0 spiro atoms. The van der Waals surface area contributed by atoms with Crippen molar-refractivity contribution in [3.05, 3.63) is 181 Å². The summed E-state index contributed by atoms with van der Waals surface area (Å²) in [6, 6.07) is 59.4. The van der Waals surface area contributed by atoms with E-state index in [1.54, 1.807) is 0 Å². The highest BCUT2D eigenvalue weighted by Gasteiger charge is 2.34. The predicted octanol–water partition coefficient (Wildman–Crippen LogP) is 13.5. The van der Waals surface area contributed by atoms with Gasteiger partial charge < -0.3 is 8.82 Å². The molecule has 5 heteroatoms. The third-order valence-electron chi connectivity index (χ3n) is 13.1. The van der Waals surface area contributed by atoms with Crippen LogP contribution in [0.4, 0.5) is 0 Å². The number of fused-ring (bicyclic) bond motifs is 18. The molecule has 1 unspecified atom stereocenters. The van der Waals surface area contributed by atoms with Gasteiger partial charge in [-0.05, 0) is 88.3 Å². The van der Waals surface area contributed by atoms with Crippen molar-refractivity contribution in [1.82, 2.24) is 18.9 Å². The molecule has 5 heterocycles. The molecule has 0 saturated carbocycles. The van der Waals surface area contributed by atoms with Crippen molar-refractivity contribution in [3.63, 3.8) is 0 Å². The Hall–Kier alpha value is -7.50. The van der Waals surface area contributed by atoms with E-state index in [1.807, 2.05) is 6.07 Å². The maximum Gasteiger partial charge on any atom is 0.235 e. The Morgan fingerprint density at radius 2 is 1.19 bits per heavy atom. The number of hydrogen-bond acceptors (Lipinski definition) is 3. The van der Waals surface area contributed by atoms with E-state index in [-0.39, 0.29) is 5.92 Å². The summed E-state index contributed by atoms with van der Waals surface area (Å²) in [6.45, 7) is 0. The summed E-state index contributed by atoms with van der Waals surface area (Å²) in [7, 11) is 0. The van der Waals surface area contributed by atoms with Gasteiger partial charge in [0.2, 0.25) is 5.95 Å². The highest BCUT2D eigenvalue weighted by molar-refractivity contribution is 6.26. The van der Waals surface area contributed by atoms with Crippen LogP contribution in [0.3, 0.4) is 0 Å². The van der Waals surface area contributed by atoms with Crippen LogP contribution in [-0.4, -0.2) is 18.9 Å². The molecular formula is C53H32N4O. The minimum Gasteiger partial charge on any atom is -0.452 e. The maximum atomic E-state index is 6.93. The van der Waals surface area contributed by atoms with Crippen LogP contribution in [0.5, 0.6) is 0 Å². The van der Waals surface area contributed by atoms with E-state index in [0.717, 1.165) is 51.6 Å². The minimum absolute atomic E-state index is 0.0989. The van der Waals surface area contributed by atoms with Crippen molar-refractivity contribution in [2.45, 2.75) is 18.8 Å². The van der Waals surface area contributed by atoms with Gasteiger partial charge in [0, 0.05) is 43.6 Å². The molecule has 0 saturated heterocycles. The molecule has 5 aromatic heterocycles. The molecule has 1 aliphatic rings. The van der Waals surface area contributed by atoms with E-state index in [1.165, 1.54) is 81.9 Å². The molecule has 0 radical (unpaired) electrons. The summed E-state index contributed by atoms with van der Waals surface area (Å²) in [5.74, 6) is 0.559. The zero-order valence-corrected chi connectivity index (χ0v) is 31.3. The highest BCUT2D eigenvalue weighted by Crippen LogP contribution is 2.52. The molecule has 0 fully saturated rings. The molecule has 58 heavy (non-hydrogen) atoms. The summed E-state index contributed by atoms with van der Waals surface area (Å²) < 4.78 is 11.7. The Morgan fingerprint density at radius 3 is 2.05 bits per heavy atom. The van der Waals surface area contributed by atoms with Gasteiger partial charge in [0.25, 0.3) is 0 Å². The summed E-state index contributed by atoms with van der Waals surface area (Å²) in [5.41, 5.74) is 14.5. The normalized spacial score (nSPS) is 14.6. The summed E-state index contributed by atoms with van der Waals surface area (Å²) in [5, 5.41) is 11.0. The number of aryl methyl sites for hydroxylation is 1. The van der Waals surface area contributed by atoms with Crippen LogP contribution < -0.4 is 0 Å². The fourth-order valence-corrected chi connectivity index (χ4v) is 10.7. The van der Waals surface area contributed by atoms with E-state index >= 15 is 0 Å². The highest BCUT2D eigenvalue weighted by atomic mass is 16.3.